The van der Waals surface area contributed by atoms with Gasteiger partial charge in [-0.15, -0.1) is 0 Å². The molecular formula is C26H33NO4. The van der Waals surface area contributed by atoms with E-state index >= 15 is 0 Å². The van der Waals surface area contributed by atoms with Gasteiger partial charge in [0.05, 0.1) is 6.61 Å². The number of anilines is 1. The minimum absolute atomic E-state index is 0.464. The third-order valence-electron chi connectivity index (χ3n) is 5.44. The average molecular weight is 424 g/mol. The molecule has 0 fully saturated rings. The van der Waals surface area contributed by atoms with Crippen LogP contribution in [0.5, 0.6) is 5.75 Å². The number of hydrogen-bond acceptors (Lipinski definition) is 4. The van der Waals surface area contributed by atoms with E-state index in [1.807, 2.05) is 30.3 Å². The molecule has 166 valence electrons. The van der Waals surface area contributed by atoms with Gasteiger partial charge < -0.3 is 19.5 Å². The summed E-state index contributed by atoms with van der Waals surface area (Å²) < 4.78 is 11.2. The quantitative estimate of drug-likeness (QED) is 0.474. The van der Waals surface area contributed by atoms with E-state index in [4.69, 9.17) is 9.47 Å². The SMILES string of the molecule is CCCCN1CCC(C(=O)O)=Cc2cc(-c3ccc(OCCOCCC)cc3)ccc21. The van der Waals surface area contributed by atoms with Crippen molar-refractivity contribution in [3.8, 4) is 16.9 Å². The van der Waals surface area contributed by atoms with E-state index in [9.17, 15) is 9.90 Å². The van der Waals surface area contributed by atoms with Crippen molar-refractivity contribution in [1.82, 2.24) is 0 Å². The second-order valence-electron chi connectivity index (χ2n) is 7.82. The molecule has 1 aliphatic heterocycles. The minimum Gasteiger partial charge on any atom is -0.491 e. The van der Waals surface area contributed by atoms with E-state index in [1.165, 1.54) is 0 Å². The summed E-state index contributed by atoms with van der Waals surface area (Å²) in [5.74, 6) is -0.0180. The number of aliphatic carboxylic acids is 1. The van der Waals surface area contributed by atoms with Crippen molar-refractivity contribution in [1.29, 1.82) is 0 Å². The number of carboxylic acids is 1. The monoisotopic (exact) mass is 423 g/mol. The molecule has 2 aromatic carbocycles. The summed E-state index contributed by atoms with van der Waals surface area (Å²) in [6, 6.07) is 14.3. The molecule has 5 heteroatoms. The van der Waals surface area contributed by atoms with Gasteiger partial charge in [-0.3, -0.25) is 0 Å². The highest BCUT2D eigenvalue weighted by Crippen LogP contribution is 2.33. The van der Waals surface area contributed by atoms with Crippen molar-refractivity contribution in [2.45, 2.75) is 39.5 Å². The Balaban J connectivity index is 1.78. The van der Waals surface area contributed by atoms with Crippen LogP contribution in [0, 0.1) is 0 Å². The number of carbonyl (C=O) groups is 1. The Morgan fingerprint density at radius 3 is 2.48 bits per heavy atom. The van der Waals surface area contributed by atoms with Crippen LogP contribution in [0.4, 0.5) is 5.69 Å². The summed E-state index contributed by atoms with van der Waals surface area (Å²) in [6.07, 6.45) is 5.60. The smallest absolute Gasteiger partial charge is 0.331 e. The zero-order valence-electron chi connectivity index (χ0n) is 18.6. The third kappa shape index (κ3) is 6.34. The Morgan fingerprint density at radius 2 is 1.77 bits per heavy atom. The van der Waals surface area contributed by atoms with Gasteiger partial charge in [0.2, 0.25) is 0 Å². The molecule has 0 bridgehead atoms. The Bertz CT molecular complexity index is 889. The van der Waals surface area contributed by atoms with Crippen molar-refractivity contribution >= 4 is 17.7 Å². The molecule has 0 amide bonds. The largest absolute Gasteiger partial charge is 0.491 e. The van der Waals surface area contributed by atoms with Crippen LogP contribution < -0.4 is 9.64 Å². The summed E-state index contributed by atoms with van der Waals surface area (Å²) in [4.78, 5) is 14.0. The Morgan fingerprint density at radius 1 is 1.00 bits per heavy atom. The van der Waals surface area contributed by atoms with Crippen LogP contribution in [0.3, 0.4) is 0 Å². The first-order valence-electron chi connectivity index (χ1n) is 11.3. The van der Waals surface area contributed by atoms with Crippen molar-refractivity contribution in [3.63, 3.8) is 0 Å². The Labute approximate surface area is 185 Å². The minimum atomic E-state index is -0.835. The first-order valence-corrected chi connectivity index (χ1v) is 11.3. The highest BCUT2D eigenvalue weighted by atomic mass is 16.5. The van der Waals surface area contributed by atoms with Gasteiger partial charge in [-0.2, -0.15) is 0 Å². The highest BCUT2D eigenvalue weighted by molar-refractivity contribution is 5.94. The van der Waals surface area contributed by atoms with Crippen molar-refractivity contribution in [2.24, 2.45) is 0 Å². The zero-order valence-corrected chi connectivity index (χ0v) is 18.6. The van der Waals surface area contributed by atoms with E-state index in [2.05, 4.69) is 36.9 Å². The lowest BCUT2D eigenvalue weighted by molar-refractivity contribution is -0.132. The molecule has 0 saturated carbocycles. The van der Waals surface area contributed by atoms with Gasteiger partial charge in [0.15, 0.2) is 0 Å². The second-order valence-corrected chi connectivity index (χ2v) is 7.82. The molecule has 5 nitrogen and oxygen atoms in total. The number of rotatable bonds is 11. The summed E-state index contributed by atoms with van der Waals surface area (Å²) in [5.41, 5.74) is 4.69. The molecule has 1 heterocycles. The second kappa shape index (κ2) is 11.6. The topological polar surface area (TPSA) is 59.0 Å². The number of hydrogen-bond donors (Lipinski definition) is 1. The molecule has 1 aliphatic rings. The van der Waals surface area contributed by atoms with Crippen LogP contribution in [0.25, 0.3) is 17.2 Å². The summed E-state index contributed by atoms with van der Waals surface area (Å²) in [6.45, 7) is 7.82. The zero-order chi connectivity index (χ0) is 22.1. The van der Waals surface area contributed by atoms with Gasteiger partial charge in [-0.05, 0) is 66.3 Å². The van der Waals surface area contributed by atoms with Gasteiger partial charge >= 0.3 is 5.97 Å². The predicted molar refractivity (Wildman–Crippen MR) is 126 cm³/mol. The van der Waals surface area contributed by atoms with Crippen molar-refractivity contribution in [2.75, 3.05) is 37.8 Å². The fourth-order valence-corrected chi connectivity index (χ4v) is 3.73. The normalized spacial score (nSPS) is 13.4. The van der Waals surface area contributed by atoms with E-state index in [0.29, 0.717) is 25.2 Å². The molecule has 0 atom stereocenters. The van der Waals surface area contributed by atoms with Crippen molar-refractivity contribution in [3.05, 3.63) is 53.6 Å². The number of nitrogens with zero attached hydrogens (tertiary/aromatic N) is 1. The van der Waals surface area contributed by atoms with Gasteiger partial charge in [0.25, 0.3) is 0 Å². The number of ether oxygens (including phenoxy) is 2. The molecule has 0 spiro atoms. The fraction of sp³-hybridized carbons (Fsp3) is 0.423. The maximum absolute atomic E-state index is 11.7. The van der Waals surface area contributed by atoms with Gasteiger partial charge in [-0.25, -0.2) is 4.79 Å². The van der Waals surface area contributed by atoms with Gasteiger partial charge in [0.1, 0.15) is 12.4 Å². The lowest BCUT2D eigenvalue weighted by atomic mass is 10.00. The maximum atomic E-state index is 11.7. The maximum Gasteiger partial charge on any atom is 0.331 e. The summed E-state index contributed by atoms with van der Waals surface area (Å²) in [5, 5.41) is 9.58. The standard InChI is InChI=1S/C26H33NO4/c1-3-5-13-27-14-12-22(26(28)29)19-23-18-21(8-11-25(23)27)20-6-9-24(10-7-20)31-17-16-30-15-4-2/h6-11,18-19H,3-5,12-17H2,1-2H3,(H,28,29). The lowest BCUT2D eigenvalue weighted by Gasteiger charge is -2.25. The van der Waals surface area contributed by atoms with E-state index in [0.717, 1.165) is 67.1 Å². The van der Waals surface area contributed by atoms with E-state index in [-0.39, 0.29) is 0 Å². The lowest BCUT2D eigenvalue weighted by Crippen LogP contribution is -2.26. The first-order chi connectivity index (χ1) is 15.1. The van der Waals surface area contributed by atoms with Crippen LogP contribution in [0.15, 0.2) is 48.0 Å². The number of benzene rings is 2. The molecule has 0 unspecified atom stereocenters. The van der Waals surface area contributed by atoms with E-state index in [1.54, 1.807) is 0 Å². The first kappa shape index (κ1) is 22.9. The van der Waals surface area contributed by atoms with Crippen LogP contribution in [0.1, 0.15) is 45.1 Å². The van der Waals surface area contributed by atoms with Crippen LogP contribution >= 0.6 is 0 Å². The molecule has 0 saturated heterocycles. The van der Waals surface area contributed by atoms with Crippen LogP contribution in [0.2, 0.25) is 0 Å². The van der Waals surface area contributed by atoms with Crippen LogP contribution in [-0.4, -0.2) is 44.0 Å². The molecule has 0 aromatic heterocycles. The van der Waals surface area contributed by atoms with Gasteiger partial charge in [0, 0.05) is 31.0 Å². The highest BCUT2D eigenvalue weighted by Gasteiger charge is 2.19. The summed E-state index contributed by atoms with van der Waals surface area (Å²) >= 11 is 0. The molecule has 31 heavy (non-hydrogen) atoms. The number of fused-ring (bicyclic) bond motifs is 1. The third-order valence-corrected chi connectivity index (χ3v) is 5.44. The number of unbranched alkanes of at least 4 members (excludes halogenated alkanes) is 1. The molecule has 0 radical (unpaired) electrons. The van der Waals surface area contributed by atoms with E-state index < -0.39 is 5.97 Å². The fourth-order valence-electron chi connectivity index (χ4n) is 3.73. The number of carboxylic acid groups (broad SMARTS) is 1. The molecule has 1 N–H and O–H groups in total. The summed E-state index contributed by atoms with van der Waals surface area (Å²) in [7, 11) is 0. The molecule has 0 aliphatic carbocycles. The van der Waals surface area contributed by atoms with Gasteiger partial charge in [-0.1, -0.05) is 38.5 Å². The van der Waals surface area contributed by atoms with Crippen LogP contribution in [-0.2, 0) is 9.53 Å². The predicted octanol–water partition coefficient (Wildman–Crippen LogP) is 5.64. The molecule has 2 aromatic rings. The Hall–Kier alpha value is -2.79. The average Bonchev–Trinajstić information content (AvgIpc) is 2.97. The molecular weight excluding hydrogens is 390 g/mol. The molecule has 3 rings (SSSR count). The van der Waals surface area contributed by atoms with Crippen molar-refractivity contribution < 1.29 is 19.4 Å². The Kier molecular flexibility index (Phi) is 8.53.